The number of carbonyl (C=O) groups is 2. The molecule has 0 spiro atoms. The number of hydrogen-bond acceptors (Lipinski definition) is 7. The largest absolute Gasteiger partial charge is 0.494 e. The minimum atomic E-state index is -0.449. The van der Waals surface area contributed by atoms with Gasteiger partial charge in [0.25, 0.3) is 0 Å². The van der Waals surface area contributed by atoms with Crippen LogP contribution in [-0.4, -0.2) is 73.4 Å². The van der Waals surface area contributed by atoms with Crippen LogP contribution in [0.3, 0.4) is 0 Å². The number of carbonyl (C=O) groups excluding carboxylic acids is 2. The predicted molar refractivity (Wildman–Crippen MR) is 153 cm³/mol. The average Bonchev–Trinajstić information content (AvgIpc) is 3.23. The zero-order chi connectivity index (χ0) is 28.1. The van der Waals surface area contributed by atoms with E-state index in [1.54, 1.807) is 18.2 Å². The van der Waals surface area contributed by atoms with Crippen molar-refractivity contribution in [3.63, 3.8) is 0 Å². The summed E-state index contributed by atoms with van der Waals surface area (Å²) in [7, 11) is 5.24. The molecule has 4 rings (SSSR count). The molecule has 0 saturated heterocycles. The second-order valence-corrected chi connectivity index (χ2v) is 9.66. The van der Waals surface area contributed by atoms with Gasteiger partial charge in [-0.05, 0) is 69.4 Å². The molecule has 0 aliphatic carbocycles. The standard InChI is InChI=1S/C31H33N3O5/c1-19-15-22(11-12-23(19)27(35)18-39-14-13-34(3)4)32-29(21-9-7-6-8-10-21)28-25-16-20(2)24(31(37)38-5)17-26(25)33-30(28)36/h6-12,15-17,33,36H,13-14,18H2,1-5H3. The van der Waals surface area contributed by atoms with Gasteiger partial charge in [-0.1, -0.05) is 30.3 Å². The number of aliphatic imine (C=N–C) groups is 1. The average molecular weight is 528 g/mol. The number of benzene rings is 3. The third-order valence-corrected chi connectivity index (χ3v) is 6.48. The molecule has 0 fully saturated rings. The van der Waals surface area contributed by atoms with Crippen LogP contribution in [0.25, 0.3) is 10.9 Å². The smallest absolute Gasteiger partial charge is 0.338 e. The van der Waals surface area contributed by atoms with Crippen LogP contribution >= 0.6 is 0 Å². The molecular weight excluding hydrogens is 494 g/mol. The molecule has 1 aromatic heterocycles. The lowest BCUT2D eigenvalue weighted by atomic mass is 9.98. The molecule has 39 heavy (non-hydrogen) atoms. The van der Waals surface area contributed by atoms with E-state index in [9.17, 15) is 14.7 Å². The fourth-order valence-electron chi connectivity index (χ4n) is 4.42. The minimum Gasteiger partial charge on any atom is -0.494 e. The van der Waals surface area contributed by atoms with Crippen LogP contribution in [-0.2, 0) is 9.47 Å². The number of aromatic amines is 1. The Morgan fingerprint density at radius 1 is 0.974 bits per heavy atom. The predicted octanol–water partition coefficient (Wildman–Crippen LogP) is 5.21. The maximum atomic E-state index is 12.7. The summed E-state index contributed by atoms with van der Waals surface area (Å²) in [5, 5.41) is 11.7. The number of likely N-dealkylation sites (N-methyl/N-ethyl adjacent to an activating group) is 1. The quantitative estimate of drug-likeness (QED) is 0.127. The summed E-state index contributed by atoms with van der Waals surface area (Å²) in [5.41, 5.74) is 5.59. The summed E-state index contributed by atoms with van der Waals surface area (Å²) in [6.07, 6.45) is 0. The first kappa shape index (κ1) is 27.8. The Bertz CT molecular complexity index is 1540. The van der Waals surface area contributed by atoms with Crippen molar-refractivity contribution in [1.29, 1.82) is 0 Å². The highest BCUT2D eigenvalue weighted by Gasteiger charge is 2.21. The summed E-state index contributed by atoms with van der Waals surface area (Å²) in [4.78, 5) is 34.9. The number of ketones is 1. The van der Waals surface area contributed by atoms with Crippen molar-refractivity contribution in [2.24, 2.45) is 4.99 Å². The van der Waals surface area contributed by atoms with Crippen LogP contribution in [0.5, 0.6) is 5.88 Å². The number of ether oxygens (including phenoxy) is 2. The van der Waals surface area contributed by atoms with Crippen LogP contribution in [0.2, 0.25) is 0 Å². The SMILES string of the molecule is COC(=O)c1cc2[nH]c(O)c(C(=Nc3ccc(C(=O)COCCN(C)C)c(C)c3)c3ccccc3)c2cc1C. The number of methoxy groups -OCH3 is 1. The van der Waals surface area contributed by atoms with Crippen molar-refractivity contribution >= 4 is 34.1 Å². The Morgan fingerprint density at radius 2 is 1.69 bits per heavy atom. The number of nitrogens with zero attached hydrogens (tertiary/aromatic N) is 2. The number of hydrogen-bond donors (Lipinski definition) is 2. The van der Waals surface area contributed by atoms with Gasteiger partial charge in [0.2, 0.25) is 0 Å². The maximum absolute atomic E-state index is 12.7. The van der Waals surface area contributed by atoms with E-state index in [1.165, 1.54) is 7.11 Å². The molecule has 2 N–H and O–H groups in total. The van der Waals surface area contributed by atoms with Crippen LogP contribution < -0.4 is 0 Å². The van der Waals surface area contributed by atoms with E-state index in [0.717, 1.165) is 23.1 Å². The molecule has 8 heteroatoms. The first-order valence-electron chi connectivity index (χ1n) is 12.6. The number of aromatic nitrogens is 1. The van der Waals surface area contributed by atoms with Crippen molar-refractivity contribution in [2.45, 2.75) is 13.8 Å². The van der Waals surface area contributed by atoms with E-state index in [2.05, 4.69) is 4.98 Å². The third kappa shape index (κ3) is 6.25. The Morgan fingerprint density at radius 3 is 2.36 bits per heavy atom. The second-order valence-electron chi connectivity index (χ2n) is 9.66. The monoisotopic (exact) mass is 527 g/mol. The minimum absolute atomic E-state index is 0.0166. The Labute approximate surface area is 227 Å². The molecule has 202 valence electrons. The van der Waals surface area contributed by atoms with Crippen LogP contribution in [0.1, 0.15) is 43.0 Å². The molecule has 1 heterocycles. The molecule has 0 aliphatic heterocycles. The molecular formula is C31H33N3O5. The van der Waals surface area contributed by atoms with Gasteiger partial charge in [-0.3, -0.25) is 4.79 Å². The van der Waals surface area contributed by atoms with E-state index >= 15 is 0 Å². The van der Waals surface area contributed by atoms with Crippen LogP contribution in [0.15, 0.2) is 65.7 Å². The fraction of sp³-hybridized carbons (Fsp3) is 0.258. The highest BCUT2D eigenvalue weighted by Crippen LogP contribution is 2.33. The topological polar surface area (TPSA) is 104 Å². The molecule has 0 bridgehead atoms. The molecule has 0 radical (unpaired) electrons. The normalized spacial score (nSPS) is 11.8. The van der Waals surface area contributed by atoms with Crippen LogP contribution in [0.4, 0.5) is 5.69 Å². The van der Waals surface area contributed by atoms with Gasteiger partial charge in [0.15, 0.2) is 11.7 Å². The molecule has 0 aliphatic rings. The van der Waals surface area contributed by atoms with E-state index in [1.807, 2.05) is 75.3 Å². The van der Waals surface area contributed by atoms with Gasteiger partial charge in [0, 0.05) is 28.6 Å². The third-order valence-electron chi connectivity index (χ3n) is 6.48. The van der Waals surface area contributed by atoms with E-state index in [-0.39, 0.29) is 18.3 Å². The highest BCUT2D eigenvalue weighted by atomic mass is 16.5. The van der Waals surface area contributed by atoms with Gasteiger partial charge in [0.05, 0.1) is 36.2 Å². The van der Waals surface area contributed by atoms with Gasteiger partial charge in [0.1, 0.15) is 6.61 Å². The Kier molecular flexibility index (Phi) is 8.59. The van der Waals surface area contributed by atoms with Gasteiger partial charge in [-0.2, -0.15) is 0 Å². The number of fused-ring (bicyclic) bond motifs is 1. The number of esters is 1. The lowest BCUT2D eigenvalue weighted by molar-refractivity contribution is 0.0599. The molecule has 0 unspecified atom stereocenters. The zero-order valence-electron chi connectivity index (χ0n) is 22.9. The first-order valence-corrected chi connectivity index (χ1v) is 12.6. The van der Waals surface area contributed by atoms with Gasteiger partial charge >= 0.3 is 5.97 Å². The molecule has 8 nitrogen and oxygen atoms in total. The van der Waals surface area contributed by atoms with Crippen molar-refractivity contribution in [3.8, 4) is 5.88 Å². The van der Waals surface area contributed by atoms with Gasteiger partial charge in [-0.15, -0.1) is 0 Å². The molecule has 0 saturated carbocycles. The van der Waals surface area contributed by atoms with Crippen LogP contribution in [0, 0.1) is 13.8 Å². The lowest BCUT2D eigenvalue weighted by Gasteiger charge is -2.11. The number of H-pyrrole nitrogens is 1. The summed E-state index contributed by atoms with van der Waals surface area (Å²) < 4.78 is 10.4. The Balaban J connectivity index is 1.75. The van der Waals surface area contributed by atoms with E-state index in [4.69, 9.17) is 14.5 Å². The van der Waals surface area contributed by atoms with Crippen molar-refractivity contribution in [2.75, 3.05) is 41.0 Å². The summed E-state index contributed by atoms with van der Waals surface area (Å²) in [6, 6.07) is 18.5. The number of nitrogens with one attached hydrogen (secondary N) is 1. The van der Waals surface area contributed by atoms with Crippen molar-refractivity contribution in [1.82, 2.24) is 9.88 Å². The van der Waals surface area contributed by atoms with Gasteiger partial charge < -0.3 is 24.5 Å². The zero-order valence-corrected chi connectivity index (χ0v) is 22.9. The number of aromatic hydroxyl groups is 1. The van der Waals surface area contributed by atoms with Crippen molar-refractivity contribution in [3.05, 3.63) is 94.0 Å². The van der Waals surface area contributed by atoms with Gasteiger partial charge in [-0.25, -0.2) is 9.79 Å². The summed E-state index contributed by atoms with van der Waals surface area (Å²) in [5.74, 6) is -0.598. The highest BCUT2D eigenvalue weighted by molar-refractivity contribution is 6.22. The maximum Gasteiger partial charge on any atom is 0.338 e. The molecule has 4 aromatic rings. The number of rotatable bonds is 10. The van der Waals surface area contributed by atoms with Crippen molar-refractivity contribution < 1.29 is 24.2 Å². The van der Waals surface area contributed by atoms with E-state index in [0.29, 0.717) is 45.8 Å². The molecule has 0 atom stereocenters. The summed E-state index contributed by atoms with van der Waals surface area (Å²) >= 11 is 0. The fourth-order valence-corrected chi connectivity index (χ4v) is 4.42. The van der Waals surface area contributed by atoms with E-state index < -0.39 is 5.97 Å². The number of aryl methyl sites for hydroxylation is 2. The first-order chi connectivity index (χ1) is 18.7. The number of Topliss-reactive ketones (excluding diaryl/α,β-unsaturated/α-hetero) is 1. The lowest BCUT2D eigenvalue weighted by Crippen LogP contribution is -2.20. The second kappa shape index (κ2) is 12.1. The Hall–Kier alpha value is -4.27. The summed E-state index contributed by atoms with van der Waals surface area (Å²) in [6.45, 7) is 4.93. The molecule has 0 amide bonds. The molecule has 3 aromatic carbocycles.